The molecule has 0 unspecified atom stereocenters. The highest BCUT2D eigenvalue weighted by molar-refractivity contribution is 6.07. The van der Waals surface area contributed by atoms with E-state index < -0.39 is 0 Å². The maximum Gasteiger partial charge on any atom is 0.0474 e. The van der Waals surface area contributed by atoms with Gasteiger partial charge in [0.1, 0.15) is 0 Å². The molecule has 16 heavy (non-hydrogen) atoms. The molecule has 4 N–H and O–H groups in total. The van der Waals surface area contributed by atoms with Crippen LogP contribution in [0.5, 0.6) is 0 Å². The van der Waals surface area contributed by atoms with Gasteiger partial charge in [-0.3, -0.25) is 0 Å². The molecule has 0 amide bonds. The Bertz CT molecular complexity index is 530. The van der Waals surface area contributed by atoms with E-state index in [2.05, 4.69) is 13.2 Å². The molecule has 0 radical (unpaired) electrons. The summed E-state index contributed by atoms with van der Waals surface area (Å²) in [7, 11) is 0. The van der Waals surface area contributed by atoms with Crippen molar-refractivity contribution in [1.82, 2.24) is 0 Å². The van der Waals surface area contributed by atoms with Crippen LogP contribution in [-0.2, 0) is 0 Å². The second kappa shape index (κ2) is 3.74. The molecule has 0 aromatic heterocycles. The minimum atomic E-state index is 0.703. The van der Waals surface area contributed by atoms with Gasteiger partial charge in [-0.2, -0.15) is 0 Å². The summed E-state index contributed by atoms with van der Waals surface area (Å²) in [5.41, 5.74) is 15.3. The van der Waals surface area contributed by atoms with Crippen LogP contribution in [0.25, 0.3) is 22.9 Å². The van der Waals surface area contributed by atoms with Crippen molar-refractivity contribution in [1.29, 1.82) is 0 Å². The van der Waals surface area contributed by atoms with Crippen molar-refractivity contribution < 1.29 is 0 Å². The third-order valence-corrected chi connectivity index (χ3v) is 2.79. The van der Waals surface area contributed by atoms with Crippen LogP contribution in [0.15, 0.2) is 37.4 Å². The molecular weight excluding hydrogens is 196 g/mol. The van der Waals surface area contributed by atoms with Gasteiger partial charge in [-0.05, 0) is 0 Å². The quantitative estimate of drug-likeness (QED) is 0.747. The Morgan fingerprint density at radius 3 is 1.50 bits per heavy atom. The minimum Gasteiger partial charge on any atom is -0.398 e. The molecule has 0 atom stereocenters. The summed E-state index contributed by atoms with van der Waals surface area (Å²) < 4.78 is 0. The smallest absolute Gasteiger partial charge is 0.0474 e. The van der Waals surface area contributed by atoms with Gasteiger partial charge in [-0.1, -0.05) is 49.6 Å². The first-order valence-electron chi connectivity index (χ1n) is 5.05. The Labute approximate surface area is 94.9 Å². The van der Waals surface area contributed by atoms with E-state index in [1.807, 2.05) is 24.3 Å². The van der Waals surface area contributed by atoms with Gasteiger partial charge in [-0.25, -0.2) is 0 Å². The Kier molecular flexibility index (Phi) is 2.41. The van der Waals surface area contributed by atoms with Gasteiger partial charge in [0.15, 0.2) is 0 Å². The highest BCUT2D eigenvalue weighted by atomic mass is 14.6. The number of hydrogen-bond donors (Lipinski definition) is 2. The van der Waals surface area contributed by atoms with E-state index in [1.54, 1.807) is 12.2 Å². The van der Waals surface area contributed by atoms with Crippen LogP contribution in [-0.4, -0.2) is 0 Å². The summed E-state index contributed by atoms with van der Waals surface area (Å²) in [6.45, 7) is 7.53. The lowest BCUT2D eigenvalue weighted by Gasteiger charge is -2.13. The summed E-state index contributed by atoms with van der Waals surface area (Å²) in [4.78, 5) is 0. The lowest BCUT2D eigenvalue weighted by Crippen LogP contribution is -2.00. The summed E-state index contributed by atoms with van der Waals surface area (Å²) in [6, 6.07) is 7.80. The standard InChI is InChI=1S/C14H14N2/c1-3-9-10(4-2)14(16)12-8-6-5-7-11(12)13(9)15/h3-8H,1-2,15-16H2. The number of nitrogen functional groups attached to an aromatic ring is 2. The molecule has 0 heterocycles. The van der Waals surface area contributed by atoms with E-state index >= 15 is 0 Å². The molecule has 0 aliphatic carbocycles. The van der Waals surface area contributed by atoms with Gasteiger partial charge in [-0.15, -0.1) is 0 Å². The molecule has 2 aromatic carbocycles. The lowest BCUT2D eigenvalue weighted by molar-refractivity contribution is 1.64. The summed E-state index contributed by atoms with van der Waals surface area (Å²) in [5, 5.41) is 1.92. The van der Waals surface area contributed by atoms with Crippen molar-refractivity contribution in [3.8, 4) is 0 Å². The maximum absolute atomic E-state index is 6.10. The maximum atomic E-state index is 6.10. The number of rotatable bonds is 2. The number of hydrogen-bond acceptors (Lipinski definition) is 2. The molecule has 0 saturated carbocycles. The van der Waals surface area contributed by atoms with Crippen LogP contribution >= 0.6 is 0 Å². The molecule has 0 aliphatic rings. The molecule has 2 aromatic rings. The number of nitrogens with two attached hydrogens (primary N) is 2. The van der Waals surface area contributed by atoms with E-state index in [-0.39, 0.29) is 0 Å². The molecule has 2 nitrogen and oxygen atoms in total. The third-order valence-electron chi connectivity index (χ3n) is 2.79. The summed E-state index contributed by atoms with van der Waals surface area (Å²) >= 11 is 0. The first kappa shape index (κ1) is 10.3. The molecule has 80 valence electrons. The normalized spacial score (nSPS) is 10.2. The van der Waals surface area contributed by atoms with E-state index in [0.29, 0.717) is 11.4 Å². The van der Waals surface area contributed by atoms with Crippen LogP contribution < -0.4 is 11.5 Å². The monoisotopic (exact) mass is 210 g/mol. The predicted molar refractivity (Wildman–Crippen MR) is 73.0 cm³/mol. The second-order valence-corrected chi connectivity index (χ2v) is 3.61. The van der Waals surface area contributed by atoms with E-state index in [9.17, 15) is 0 Å². The Morgan fingerprint density at radius 1 is 0.812 bits per heavy atom. The molecule has 0 saturated heterocycles. The van der Waals surface area contributed by atoms with E-state index in [0.717, 1.165) is 21.9 Å². The van der Waals surface area contributed by atoms with Gasteiger partial charge in [0.2, 0.25) is 0 Å². The fourth-order valence-corrected chi connectivity index (χ4v) is 1.97. The van der Waals surface area contributed by atoms with Crippen molar-refractivity contribution in [3.63, 3.8) is 0 Å². The zero-order chi connectivity index (χ0) is 11.7. The molecule has 2 rings (SSSR count). The van der Waals surface area contributed by atoms with Gasteiger partial charge in [0, 0.05) is 33.3 Å². The highest BCUT2D eigenvalue weighted by Crippen LogP contribution is 2.35. The molecule has 0 fully saturated rings. The molecule has 0 bridgehead atoms. The topological polar surface area (TPSA) is 52.0 Å². The van der Waals surface area contributed by atoms with Crippen LogP contribution in [0, 0.1) is 0 Å². The highest BCUT2D eigenvalue weighted by Gasteiger charge is 2.11. The van der Waals surface area contributed by atoms with E-state index in [1.165, 1.54) is 0 Å². The number of benzene rings is 2. The van der Waals surface area contributed by atoms with E-state index in [4.69, 9.17) is 11.5 Å². The Hall–Kier alpha value is -2.22. The van der Waals surface area contributed by atoms with Crippen LogP contribution in [0.4, 0.5) is 11.4 Å². The summed E-state index contributed by atoms with van der Waals surface area (Å²) in [5.74, 6) is 0. The van der Waals surface area contributed by atoms with Gasteiger partial charge < -0.3 is 11.5 Å². The lowest BCUT2D eigenvalue weighted by atomic mass is 9.96. The first-order valence-corrected chi connectivity index (χ1v) is 5.05. The second-order valence-electron chi connectivity index (χ2n) is 3.61. The first-order chi connectivity index (χ1) is 7.70. The largest absolute Gasteiger partial charge is 0.398 e. The zero-order valence-electron chi connectivity index (χ0n) is 9.03. The van der Waals surface area contributed by atoms with Crippen molar-refractivity contribution in [2.45, 2.75) is 0 Å². The van der Waals surface area contributed by atoms with Crippen molar-refractivity contribution in [2.24, 2.45) is 0 Å². The zero-order valence-corrected chi connectivity index (χ0v) is 9.03. The Morgan fingerprint density at radius 2 is 1.19 bits per heavy atom. The number of anilines is 2. The average molecular weight is 210 g/mol. The predicted octanol–water partition coefficient (Wildman–Crippen LogP) is 3.29. The molecular formula is C14H14N2. The molecule has 2 heteroatoms. The minimum absolute atomic E-state index is 0.703. The van der Waals surface area contributed by atoms with Crippen LogP contribution in [0.3, 0.4) is 0 Å². The SMILES string of the molecule is C=Cc1c(C=C)c(N)c2ccccc2c1N. The van der Waals surface area contributed by atoms with Gasteiger partial charge in [0.05, 0.1) is 0 Å². The van der Waals surface area contributed by atoms with Crippen molar-refractivity contribution >= 4 is 34.3 Å². The Balaban J connectivity index is 3.04. The molecule has 0 aliphatic heterocycles. The van der Waals surface area contributed by atoms with Crippen molar-refractivity contribution in [3.05, 3.63) is 48.6 Å². The molecule has 0 spiro atoms. The third kappa shape index (κ3) is 1.27. The van der Waals surface area contributed by atoms with Gasteiger partial charge >= 0.3 is 0 Å². The van der Waals surface area contributed by atoms with Crippen LogP contribution in [0.2, 0.25) is 0 Å². The van der Waals surface area contributed by atoms with Crippen molar-refractivity contribution in [2.75, 3.05) is 11.5 Å². The fourth-order valence-electron chi connectivity index (χ4n) is 1.97. The number of fused-ring (bicyclic) bond motifs is 1. The van der Waals surface area contributed by atoms with Gasteiger partial charge in [0.25, 0.3) is 0 Å². The fraction of sp³-hybridized carbons (Fsp3) is 0. The average Bonchev–Trinajstić information content (AvgIpc) is 2.33. The van der Waals surface area contributed by atoms with Crippen LogP contribution in [0.1, 0.15) is 11.1 Å². The summed E-state index contributed by atoms with van der Waals surface area (Å²) in [6.07, 6.45) is 3.43.